The molecule has 0 radical (unpaired) electrons. The molecule has 0 saturated carbocycles. The molecule has 1 aliphatic heterocycles. The Hall–Kier alpha value is -4.40. The molecule has 1 unspecified atom stereocenters. The van der Waals surface area contributed by atoms with E-state index in [1.165, 1.54) is 29.2 Å². The molecule has 0 fully saturated rings. The summed E-state index contributed by atoms with van der Waals surface area (Å²) in [6.07, 6.45) is 0. The summed E-state index contributed by atoms with van der Waals surface area (Å²) in [5.74, 6) is -0.859. The third kappa shape index (κ3) is 5.30. The van der Waals surface area contributed by atoms with Gasteiger partial charge in [-0.25, -0.2) is 4.39 Å². The van der Waals surface area contributed by atoms with Crippen LogP contribution in [0.15, 0.2) is 60.7 Å². The molecule has 0 aliphatic carbocycles. The van der Waals surface area contributed by atoms with Gasteiger partial charge in [0.2, 0.25) is 5.91 Å². The quantitative estimate of drug-likeness (QED) is 0.475. The molecular formula is C27H25FN2O6. The third-order valence-electron chi connectivity index (χ3n) is 5.73. The van der Waals surface area contributed by atoms with Crippen LogP contribution < -0.4 is 24.4 Å². The largest absolute Gasteiger partial charge is 0.497 e. The molecule has 3 aromatic rings. The zero-order valence-electron chi connectivity index (χ0n) is 20.0. The molecule has 2 amide bonds. The smallest absolute Gasteiger partial charge is 0.265 e. The van der Waals surface area contributed by atoms with Crippen LogP contribution in [-0.2, 0) is 9.59 Å². The standard InChI is InChI=1S/C27H25FN2O6/c1-16-4-10-21(28)25(12-16)35-14-23(31)18-5-11-24-22(13-18)30(26(32)15-36-24)17(2)27(33)29-19-6-8-20(34-3)9-7-19/h4-13,17H,14-15H2,1-3H3,(H,29,33). The molecule has 8 nitrogen and oxygen atoms in total. The van der Waals surface area contributed by atoms with Gasteiger partial charge in [-0.1, -0.05) is 6.07 Å². The minimum Gasteiger partial charge on any atom is -0.497 e. The predicted octanol–water partition coefficient (Wildman–Crippen LogP) is 4.16. The van der Waals surface area contributed by atoms with Crippen molar-refractivity contribution in [1.29, 1.82) is 0 Å². The normalized spacial score (nSPS) is 13.3. The van der Waals surface area contributed by atoms with Gasteiger partial charge in [0, 0.05) is 11.3 Å². The highest BCUT2D eigenvalue weighted by atomic mass is 19.1. The number of carbonyl (C=O) groups excluding carboxylic acids is 3. The van der Waals surface area contributed by atoms with E-state index >= 15 is 0 Å². The number of nitrogens with zero attached hydrogens (tertiary/aromatic N) is 1. The minimum absolute atomic E-state index is 0.0229. The van der Waals surface area contributed by atoms with Crippen molar-refractivity contribution in [3.8, 4) is 17.2 Å². The lowest BCUT2D eigenvalue weighted by Gasteiger charge is -2.33. The van der Waals surface area contributed by atoms with Gasteiger partial charge in [0.15, 0.2) is 30.6 Å². The summed E-state index contributed by atoms with van der Waals surface area (Å²) in [6.45, 7) is 2.73. The van der Waals surface area contributed by atoms with Gasteiger partial charge < -0.3 is 19.5 Å². The maximum Gasteiger partial charge on any atom is 0.265 e. The van der Waals surface area contributed by atoms with E-state index in [2.05, 4.69) is 5.32 Å². The number of anilines is 2. The van der Waals surface area contributed by atoms with Gasteiger partial charge >= 0.3 is 0 Å². The van der Waals surface area contributed by atoms with Crippen molar-refractivity contribution >= 4 is 29.0 Å². The molecule has 1 N–H and O–H groups in total. The SMILES string of the molecule is COc1ccc(NC(=O)C(C)N2C(=O)COc3ccc(C(=O)COc4cc(C)ccc4F)cc32)cc1. The first kappa shape index (κ1) is 24.7. The van der Waals surface area contributed by atoms with Gasteiger partial charge in [0.25, 0.3) is 5.91 Å². The fourth-order valence-corrected chi connectivity index (χ4v) is 3.76. The number of methoxy groups -OCH3 is 1. The average Bonchev–Trinajstić information content (AvgIpc) is 2.88. The van der Waals surface area contributed by atoms with E-state index in [0.29, 0.717) is 17.2 Å². The fourth-order valence-electron chi connectivity index (χ4n) is 3.76. The van der Waals surface area contributed by atoms with Gasteiger partial charge in [-0.05, 0) is 74.0 Å². The molecule has 0 spiro atoms. The van der Waals surface area contributed by atoms with E-state index in [1.54, 1.807) is 57.4 Å². The number of fused-ring (bicyclic) bond motifs is 1. The molecule has 36 heavy (non-hydrogen) atoms. The molecule has 0 aromatic heterocycles. The van der Waals surface area contributed by atoms with E-state index in [9.17, 15) is 18.8 Å². The van der Waals surface area contributed by atoms with Crippen molar-refractivity contribution < 1.29 is 33.0 Å². The number of Topliss-reactive ketones (excluding diaryl/α,β-unsaturated/α-hetero) is 1. The predicted molar refractivity (Wildman–Crippen MR) is 131 cm³/mol. The maximum absolute atomic E-state index is 14.0. The number of amides is 2. The van der Waals surface area contributed by atoms with Crippen LogP contribution in [0.3, 0.4) is 0 Å². The van der Waals surface area contributed by atoms with Crippen molar-refractivity contribution in [2.75, 3.05) is 30.5 Å². The van der Waals surface area contributed by atoms with Gasteiger partial charge in [0.1, 0.15) is 17.5 Å². The summed E-state index contributed by atoms with van der Waals surface area (Å²) < 4.78 is 30.0. The van der Waals surface area contributed by atoms with Crippen molar-refractivity contribution in [2.24, 2.45) is 0 Å². The lowest BCUT2D eigenvalue weighted by molar-refractivity contribution is -0.125. The van der Waals surface area contributed by atoms with Gasteiger partial charge in [-0.2, -0.15) is 0 Å². The van der Waals surface area contributed by atoms with Crippen molar-refractivity contribution in [3.63, 3.8) is 0 Å². The summed E-state index contributed by atoms with van der Waals surface area (Å²) in [6, 6.07) is 14.8. The number of nitrogens with one attached hydrogen (secondary N) is 1. The molecule has 1 heterocycles. The Morgan fingerprint density at radius 3 is 2.58 bits per heavy atom. The summed E-state index contributed by atoms with van der Waals surface area (Å²) in [5, 5.41) is 2.78. The Morgan fingerprint density at radius 2 is 1.86 bits per heavy atom. The van der Waals surface area contributed by atoms with E-state index in [4.69, 9.17) is 14.2 Å². The van der Waals surface area contributed by atoms with Crippen molar-refractivity contribution in [2.45, 2.75) is 19.9 Å². The highest BCUT2D eigenvalue weighted by molar-refractivity contribution is 6.08. The second kappa shape index (κ2) is 10.5. The summed E-state index contributed by atoms with van der Waals surface area (Å²) in [4.78, 5) is 39.8. The van der Waals surface area contributed by atoms with Gasteiger partial charge in [-0.3, -0.25) is 19.3 Å². The second-order valence-corrected chi connectivity index (χ2v) is 8.27. The number of ketones is 1. The Morgan fingerprint density at radius 1 is 1.11 bits per heavy atom. The average molecular weight is 493 g/mol. The van der Waals surface area contributed by atoms with E-state index in [1.807, 2.05) is 0 Å². The molecule has 1 atom stereocenters. The van der Waals surface area contributed by atoms with Crippen LogP contribution in [0.2, 0.25) is 0 Å². The molecule has 3 aromatic carbocycles. The van der Waals surface area contributed by atoms with Crippen LogP contribution in [0.4, 0.5) is 15.8 Å². The highest BCUT2D eigenvalue weighted by Gasteiger charge is 2.33. The van der Waals surface area contributed by atoms with Crippen LogP contribution in [0.5, 0.6) is 17.2 Å². The number of halogens is 1. The first-order chi connectivity index (χ1) is 17.3. The molecule has 0 saturated heterocycles. The number of hydrogen-bond donors (Lipinski definition) is 1. The fraction of sp³-hybridized carbons (Fsp3) is 0.222. The summed E-state index contributed by atoms with van der Waals surface area (Å²) in [7, 11) is 1.54. The molecule has 186 valence electrons. The number of hydrogen-bond acceptors (Lipinski definition) is 6. The zero-order chi connectivity index (χ0) is 25.8. The third-order valence-corrected chi connectivity index (χ3v) is 5.73. The van der Waals surface area contributed by atoms with E-state index in [0.717, 1.165) is 5.56 Å². The topological polar surface area (TPSA) is 94.2 Å². The molecule has 4 rings (SSSR count). The number of carbonyl (C=O) groups is 3. The van der Waals surface area contributed by atoms with Crippen molar-refractivity contribution in [1.82, 2.24) is 0 Å². The van der Waals surface area contributed by atoms with E-state index < -0.39 is 36.1 Å². The Bertz CT molecular complexity index is 1310. The van der Waals surface area contributed by atoms with Gasteiger partial charge in [0.05, 0.1) is 12.8 Å². The zero-order valence-corrected chi connectivity index (χ0v) is 20.0. The molecular weight excluding hydrogens is 467 g/mol. The monoisotopic (exact) mass is 492 g/mol. The maximum atomic E-state index is 14.0. The summed E-state index contributed by atoms with van der Waals surface area (Å²) in [5.41, 5.74) is 1.85. The number of aryl methyl sites for hydroxylation is 1. The number of ether oxygens (including phenoxy) is 3. The van der Waals surface area contributed by atoms with Crippen LogP contribution in [0.1, 0.15) is 22.8 Å². The van der Waals surface area contributed by atoms with Crippen LogP contribution in [-0.4, -0.2) is 44.0 Å². The van der Waals surface area contributed by atoms with Crippen molar-refractivity contribution in [3.05, 3.63) is 77.6 Å². The summed E-state index contributed by atoms with van der Waals surface area (Å²) >= 11 is 0. The van der Waals surface area contributed by atoms with Gasteiger partial charge in [-0.15, -0.1) is 0 Å². The van der Waals surface area contributed by atoms with Crippen LogP contribution in [0.25, 0.3) is 0 Å². The lowest BCUT2D eigenvalue weighted by atomic mass is 10.1. The number of benzene rings is 3. The Kier molecular flexibility index (Phi) is 7.19. The first-order valence-electron chi connectivity index (χ1n) is 11.2. The van der Waals surface area contributed by atoms with Crippen LogP contribution >= 0.6 is 0 Å². The van der Waals surface area contributed by atoms with E-state index in [-0.39, 0.29) is 23.6 Å². The minimum atomic E-state index is -0.898. The highest BCUT2D eigenvalue weighted by Crippen LogP contribution is 2.35. The second-order valence-electron chi connectivity index (χ2n) is 8.27. The molecule has 1 aliphatic rings. The molecule has 9 heteroatoms. The van der Waals surface area contributed by atoms with Crippen LogP contribution in [0, 0.1) is 12.7 Å². The Labute approximate surface area is 207 Å². The lowest BCUT2D eigenvalue weighted by Crippen LogP contribution is -2.49. The number of rotatable bonds is 8. The first-order valence-corrected chi connectivity index (χ1v) is 11.2. The molecule has 0 bridgehead atoms. The Balaban J connectivity index is 1.52.